The molecule has 0 unspecified atom stereocenters. The summed E-state index contributed by atoms with van der Waals surface area (Å²) in [7, 11) is 0. The molecule has 1 amide bonds. The summed E-state index contributed by atoms with van der Waals surface area (Å²) in [6.07, 6.45) is 0.900. The van der Waals surface area contributed by atoms with Gasteiger partial charge in [0, 0.05) is 23.4 Å². The Hall–Kier alpha value is -1.56. The molecule has 0 radical (unpaired) electrons. The van der Waals surface area contributed by atoms with Gasteiger partial charge >= 0.3 is 0 Å². The monoisotopic (exact) mass is 296 g/mol. The van der Waals surface area contributed by atoms with Crippen LogP contribution in [0.5, 0.6) is 0 Å². The Morgan fingerprint density at radius 3 is 2.75 bits per heavy atom. The van der Waals surface area contributed by atoms with Crippen LogP contribution in [0.4, 0.5) is 5.69 Å². The second-order valence-electron chi connectivity index (χ2n) is 4.68. The molecule has 1 aromatic carbocycles. The van der Waals surface area contributed by atoms with Gasteiger partial charge in [0.2, 0.25) is 5.91 Å². The lowest BCUT2D eigenvalue weighted by Crippen LogP contribution is -2.33. The summed E-state index contributed by atoms with van der Waals surface area (Å²) in [6.45, 7) is 5.93. The van der Waals surface area contributed by atoms with E-state index in [9.17, 15) is 14.9 Å². The highest BCUT2D eigenvalue weighted by Crippen LogP contribution is 2.29. The third-order valence-electron chi connectivity index (χ3n) is 3.03. The molecule has 0 aliphatic rings. The number of non-ortho nitro benzene ring substituents is 1. The van der Waals surface area contributed by atoms with Crippen molar-refractivity contribution in [3.05, 3.63) is 39.9 Å². The van der Waals surface area contributed by atoms with Crippen LogP contribution in [-0.4, -0.2) is 22.6 Å². The molecule has 0 aliphatic carbocycles. The van der Waals surface area contributed by atoms with Crippen molar-refractivity contribution >= 4 is 23.4 Å². The number of nitro benzene ring substituents is 1. The largest absolute Gasteiger partial charge is 0.353 e. The highest BCUT2D eigenvalue weighted by Gasteiger charge is 2.13. The predicted molar refractivity (Wildman–Crippen MR) is 81.9 cm³/mol. The lowest BCUT2D eigenvalue weighted by Gasteiger charge is -2.14. The number of carbonyl (C=O) groups is 1. The number of benzene rings is 1. The van der Waals surface area contributed by atoms with Crippen LogP contribution in [0.2, 0.25) is 0 Å². The summed E-state index contributed by atoms with van der Waals surface area (Å²) in [6, 6.07) is 6.72. The van der Waals surface area contributed by atoms with E-state index in [0.717, 1.165) is 12.0 Å². The smallest absolute Gasteiger partial charge is 0.269 e. The molecule has 0 aromatic heterocycles. The van der Waals surface area contributed by atoms with Crippen molar-refractivity contribution in [1.29, 1.82) is 0 Å². The minimum Gasteiger partial charge on any atom is -0.353 e. The average Bonchev–Trinajstić information content (AvgIpc) is 2.44. The van der Waals surface area contributed by atoms with Crippen LogP contribution in [0.1, 0.15) is 38.0 Å². The highest BCUT2D eigenvalue weighted by molar-refractivity contribution is 8.00. The van der Waals surface area contributed by atoms with E-state index in [1.807, 2.05) is 26.8 Å². The zero-order chi connectivity index (χ0) is 15.1. The number of thioether (sulfide) groups is 1. The summed E-state index contributed by atoms with van der Waals surface area (Å²) in [4.78, 5) is 22.0. The molecule has 0 heterocycles. The van der Waals surface area contributed by atoms with E-state index in [1.54, 1.807) is 12.1 Å². The first-order valence-electron chi connectivity index (χ1n) is 6.59. The first-order valence-corrected chi connectivity index (χ1v) is 7.64. The number of amides is 1. The molecule has 5 nitrogen and oxygen atoms in total. The molecule has 0 spiro atoms. The third-order valence-corrected chi connectivity index (χ3v) is 4.24. The van der Waals surface area contributed by atoms with Crippen LogP contribution in [0.25, 0.3) is 0 Å². The topological polar surface area (TPSA) is 72.2 Å². The van der Waals surface area contributed by atoms with Crippen molar-refractivity contribution in [2.24, 2.45) is 0 Å². The van der Waals surface area contributed by atoms with E-state index in [2.05, 4.69) is 5.32 Å². The SMILES string of the molecule is CC[C@H](C)NC(=O)CS[C@@H](C)c1cccc([N+](=O)[O-])c1. The van der Waals surface area contributed by atoms with Gasteiger partial charge in [-0.15, -0.1) is 11.8 Å². The standard InChI is InChI=1S/C14H20N2O3S/c1-4-10(2)15-14(17)9-20-11(3)12-6-5-7-13(8-12)16(18)19/h5-8,10-11H,4,9H2,1-3H3,(H,15,17)/t10-,11-/m0/s1. The molecule has 20 heavy (non-hydrogen) atoms. The van der Waals surface area contributed by atoms with Crippen molar-refractivity contribution in [3.63, 3.8) is 0 Å². The van der Waals surface area contributed by atoms with Crippen molar-refractivity contribution < 1.29 is 9.72 Å². The number of nitrogens with one attached hydrogen (secondary N) is 1. The second kappa shape index (κ2) is 7.89. The maximum absolute atomic E-state index is 11.7. The van der Waals surface area contributed by atoms with E-state index < -0.39 is 4.92 Å². The number of hydrogen-bond acceptors (Lipinski definition) is 4. The Kier molecular flexibility index (Phi) is 6.51. The van der Waals surface area contributed by atoms with Crippen LogP contribution < -0.4 is 5.32 Å². The number of hydrogen-bond donors (Lipinski definition) is 1. The lowest BCUT2D eigenvalue weighted by molar-refractivity contribution is -0.384. The van der Waals surface area contributed by atoms with Gasteiger partial charge in [-0.3, -0.25) is 14.9 Å². The second-order valence-corrected chi connectivity index (χ2v) is 6.01. The van der Waals surface area contributed by atoms with Crippen LogP contribution in [0.15, 0.2) is 24.3 Å². The Morgan fingerprint density at radius 2 is 2.15 bits per heavy atom. The van der Waals surface area contributed by atoms with Gasteiger partial charge in [0.05, 0.1) is 10.7 Å². The molecule has 110 valence electrons. The maximum atomic E-state index is 11.7. The Balaban J connectivity index is 2.54. The Labute approximate surface area is 123 Å². The summed E-state index contributed by atoms with van der Waals surface area (Å²) in [5.41, 5.74) is 0.944. The fourth-order valence-electron chi connectivity index (χ4n) is 1.61. The van der Waals surface area contributed by atoms with Gasteiger partial charge in [0.15, 0.2) is 0 Å². The van der Waals surface area contributed by atoms with E-state index in [-0.39, 0.29) is 22.9 Å². The van der Waals surface area contributed by atoms with Crippen LogP contribution in [0.3, 0.4) is 0 Å². The summed E-state index contributed by atoms with van der Waals surface area (Å²) < 4.78 is 0. The van der Waals surface area contributed by atoms with Crippen molar-refractivity contribution in [3.8, 4) is 0 Å². The maximum Gasteiger partial charge on any atom is 0.269 e. The third kappa shape index (κ3) is 5.21. The normalized spacial score (nSPS) is 13.6. The highest BCUT2D eigenvalue weighted by atomic mass is 32.2. The molecule has 0 saturated heterocycles. The van der Waals surface area contributed by atoms with E-state index in [1.165, 1.54) is 17.8 Å². The molecule has 0 bridgehead atoms. The zero-order valence-electron chi connectivity index (χ0n) is 12.0. The molecular formula is C14H20N2O3S. The molecule has 0 fully saturated rings. The van der Waals surface area contributed by atoms with Crippen molar-refractivity contribution in [2.45, 2.75) is 38.5 Å². The predicted octanol–water partition coefficient (Wildman–Crippen LogP) is 3.30. The van der Waals surface area contributed by atoms with Gasteiger partial charge in [-0.1, -0.05) is 19.1 Å². The number of carbonyl (C=O) groups excluding carboxylic acids is 1. The number of nitrogens with zero attached hydrogens (tertiary/aromatic N) is 1. The lowest BCUT2D eigenvalue weighted by atomic mass is 10.1. The Morgan fingerprint density at radius 1 is 1.45 bits per heavy atom. The van der Waals surface area contributed by atoms with Crippen molar-refractivity contribution in [1.82, 2.24) is 5.32 Å². The minimum atomic E-state index is -0.406. The van der Waals surface area contributed by atoms with Gasteiger partial charge in [0.1, 0.15) is 0 Å². The average molecular weight is 296 g/mol. The Bertz CT molecular complexity index is 479. The van der Waals surface area contributed by atoms with Gasteiger partial charge in [0.25, 0.3) is 5.69 Å². The molecule has 1 N–H and O–H groups in total. The molecule has 6 heteroatoms. The molecule has 0 aliphatic heterocycles. The first kappa shape index (κ1) is 16.5. The number of nitro groups is 1. The van der Waals surface area contributed by atoms with Gasteiger partial charge < -0.3 is 5.32 Å². The summed E-state index contributed by atoms with van der Waals surface area (Å²) >= 11 is 1.48. The van der Waals surface area contributed by atoms with Gasteiger partial charge in [-0.25, -0.2) is 0 Å². The summed E-state index contributed by atoms with van der Waals surface area (Å²) in [5.74, 6) is 0.357. The summed E-state index contributed by atoms with van der Waals surface area (Å²) in [5, 5.41) is 13.7. The van der Waals surface area contributed by atoms with E-state index in [4.69, 9.17) is 0 Å². The zero-order valence-corrected chi connectivity index (χ0v) is 12.8. The fourth-order valence-corrected chi connectivity index (χ4v) is 2.43. The number of rotatable bonds is 7. The van der Waals surface area contributed by atoms with Crippen LogP contribution in [0, 0.1) is 10.1 Å². The van der Waals surface area contributed by atoms with E-state index >= 15 is 0 Å². The van der Waals surface area contributed by atoms with E-state index in [0.29, 0.717) is 5.75 Å². The molecular weight excluding hydrogens is 276 g/mol. The molecule has 0 saturated carbocycles. The van der Waals surface area contributed by atoms with Gasteiger partial charge in [-0.05, 0) is 25.8 Å². The van der Waals surface area contributed by atoms with Gasteiger partial charge in [-0.2, -0.15) is 0 Å². The molecule has 1 aromatic rings. The molecule has 1 rings (SSSR count). The quantitative estimate of drug-likeness (QED) is 0.619. The van der Waals surface area contributed by atoms with Crippen LogP contribution in [-0.2, 0) is 4.79 Å². The minimum absolute atomic E-state index is 0.00151. The molecule has 2 atom stereocenters. The first-order chi connectivity index (χ1) is 9.43. The van der Waals surface area contributed by atoms with Crippen LogP contribution >= 0.6 is 11.8 Å². The fraction of sp³-hybridized carbons (Fsp3) is 0.500. The van der Waals surface area contributed by atoms with Crippen molar-refractivity contribution in [2.75, 3.05) is 5.75 Å².